The Morgan fingerprint density at radius 1 is 0.707 bits per heavy atom. The molecule has 0 aliphatic rings. The molecular weight excluding hydrogens is 508 g/mol. The number of furan rings is 1. The molecule has 2 heterocycles. The highest BCUT2D eigenvalue weighted by molar-refractivity contribution is 5.95. The van der Waals surface area contributed by atoms with Crippen molar-refractivity contribution in [1.29, 1.82) is 0 Å². The molecule has 0 atom stereocenters. The fourth-order valence-electron chi connectivity index (χ4n) is 4.91. The zero-order chi connectivity index (χ0) is 28.9. The number of phenolic OH excluding ortho intramolecular Hbond substituents is 1. The maximum Gasteiger partial charge on any atom is 0.229 e. The molecule has 5 heteroatoms. The smallest absolute Gasteiger partial charge is 0.229 e. The number of aliphatic imine (C=N–C) groups is 1. The van der Waals surface area contributed by atoms with Gasteiger partial charge in [0, 0.05) is 22.7 Å². The number of hydrogen-bond donors (Lipinski definition) is 1. The first-order valence-corrected chi connectivity index (χ1v) is 13.9. The fraction of sp³-hybridized carbons (Fsp3) is 0.222. The number of nitrogens with zero attached hydrogens (tertiary/aromatic N) is 2. The number of para-hydroxylation sites is 2. The van der Waals surface area contributed by atoms with E-state index in [0.29, 0.717) is 22.7 Å². The van der Waals surface area contributed by atoms with E-state index < -0.39 is 0 Å². The van der Waals surface area contributed by atoms with E-state index in [1.807, 2.05) is 60.7 Å². The van der Waals surface area contributed by atoms with Crippen molar-refractivity contribution in [1.82, 2.24) is 4.98 Å². The van der Waals surface area contributed by atoms with Crippen molar-refractivity contribution in [2.45, 2.75) is 52.4 Å². The number of rotatable bonds is 4. The summed E-state index contributed by atoms with van der Waals surface area (Å²) in [6, 6.07) is 27.7. The van der Waals surface area contributed by atoms with Crippen LogP contribution in [0.2, 0.25) is 0 Å². The highest BCUT2D eigenvalue weighted by atomic mass is 16.4. The first-order valence-electron chi connectivity index (χ1n) is 13.9. The summed E-state index contributed by atoms with van der Waals surface area (Å²) in [4.78, 5) is 9.75. The maximum atomic E-state index is 10.5. The second-order valence-corrected chi connectivity index (χ2v) is 12.6. The molecule has 0 aliphatic carbocycles. The molecule has 0 saturated heterocycles. The van der Waals surface area contributed by atoms with Crippen molar-refractivity contribution in [2.24, 2.45) is 4.99 Å². The van der Waals surface area contributed by atoms with E-state index >= 15 is 0 Å². The topological polar surface area (TPSA) is 71.8 Å². The molecule has 0 radical (unpaired) electrons. The monoisotopic (exact) mass is 542 g/mol. The average Bonchev–Trinajstić information content (AvgIpc) is 3.55. The molecule has 0 amide bonds. The third-order valence-corrected chi connectivity index (χ3v) is 7.42. The minimum Gasteiger partial charge on any atom is -0.507 e. The van der Waals surface area contributed by atoms with Crippen LogP contribution in [0.3, 0.4) is 0 Å². The van der Waals surface area contributed by atoms with Crippen molar-refractivity contribution in [3.8, 4) is 28.5 Å². The zero-order valence-electron chi connectivity index (χ0n) is 24.3. The van der Waals surface area contributed by atoms with Crippen molar-refractivity contribution >= 4 is 34.0 Å². The van der Waals surface area contributed by atoms with E-state index in [1.165, 1.54) is 0 Å². The molecule has 6 rings (SSSR count). The van der Waals surface area contributed by atoms with Gasteiger partial charge in [0.05, 0.1) is 11.3 Å². The van der Waals surface area contributed by atoms with Gasteiger partial charge in [-0.25, -0.2) is 4.98 Å². The second kappa shape index (κ2) is 9.77. The quantitative estimate of drug-likeness (QED) is 0.225. The van der Waals surface area contributed by atoms with Crippen molar-refractivity contribution in [2.75, 3.05) is 0 Å². The third kappa shape index (κ3) is 5.16. The molecule has 0 spiro atoms. The summed E-state index contributed by atoms with van der Waals surface area (Å²) in [6.07, 6.45) is 1.70. The minimum absolute atomic E-state index is 0.0458. The van der Waals surface area contributed by atoms with Crippen LogP contribution in [0, 0.1) is 0 Å². The van der Waals surface area contributed by atoms with Gasteiger partial charge >= 0.3 is 0 Å². The predicted molar refractivity (Wildman–Crippen MR) is 167 cm³/mol. The van der Waals surface area contributed by atoms with E-state index in [4.69, 9.17) is 18.8 Å². The lowest BCUT2D eigenvalue weighted by atomic mass is 9.85. The van der Waals surface area contributed by atoms with E-state index in [1.54, 1.807) is 12.3 Å². The van der Waals surface area contributed by atoms with Crippen LogP contribution in [-0.4, -0.2) is 16.3 Å². The Bertz CT molecular complexity index is 1890. The minimum atomic E-state index is -0.103. The summed E-state index contributed by atoms with van der Waals surface area (Å²) in [6.45, 7) is 13.0. The number of benzene rings is 4. The van der Waals surface area contributed by atoms with Crippen molar-refractivity contribution in [3.05, 3.63) is 102 Å². The molecule has 4 aromatic carbocycles. The highest BCUT2D eigenvalue weighted by Crippen LogP contribution is 2.40. The van der Waals surface area contributed by atoms with Crippen LogP contribution in [-0.2, 0) is 10.8 Å². The summed E-state index contributed by atoms with van der Waals surface area (Å²) in [5.74, 6) is 1.41. The largest absolute Gasteiger partial charge is 0.507 e. The van der Waals surface area contributed by atoms with Gasteiger partial charge in [-0.1, -0.05) is 77.9 Å². The standard InChI is InChI=1S/C36H34N2O3/c1-35(2,3)24-15-16-29(39)23(17-24)21-37-28-13-9-8-12-26(28)34-38-33-27(19-25(36(4,5)6)20-32(33)41-34)31-18-22-11-7-10-14-30(22)40-31/h7-21,39H,1-6H3. The Morgan fingerprint density at radius 2 is 1.44 bits per heavy atom. The second-order valence-electron chi connectivity index (χ2n) is 12.6. The van der Waals surface area contributed by atoms with Gasteiger partial charge in [-0.3, -0.25) is 4.99 Å². The number of oxazole rings is 1. The Balaban J connectivity index is 1.48. The van der Waals surface area contributed by atoms with Crippen LogP contribution in [0.25, 0.3) is 44.8 Å². The SMILES string of the molecule is CC(C)(C)c1ccc(O)c(C=Nc2ccccc2-c2nc3c(-c4cc5ccccc5o4)cc(C(C)(C)C)cc3o2)c1. The molecule has 2 aromatic heterocycles. The summed E-state index contributed by atoms with van der Waals surface area (Å²) < 4.78 is 12.7. The molecule has 0 aliphatic heterocycles. The maximum absolute atomic E-state index is 10.5. The molecule has 6 aromatic rings. The molecule has 0 fully saturated rings. The molecule has 1 N–H and O–H groups in total. The Kier molecular flexibility index (Phi) is 6.33. The molecule has 5 nitrogen and oxygen atoms in total. The summed E-state index contributed by atoms with van der Waals surface area (Å²) >= 11 is 0. The van der Waals surface area contributed by atoms with E-state index in [-0.39, 0.29) is 16.6 Å². The van der Waals surface area contributed by atoms with Gasteiger partial charge in [0.25, 0.3) is 0 Å². The van der Waals surface area contributed by atoms with Crippen LogP contribution in [0.5, 0.6) is 5.75 Å². The van der Waals surface area contributed by atoms with E-state index in [2.05, 4.69) is 59.7 Å². The lowest BCUT2D eigenvalue weighted by molar-refractivity contribution is 0.473. The van der Waals surface area contributed by atoms with Gasteiger partial charge in [-0.05, 0) is 70.5 Å². The first kappa shape index (κ1) is 26.6. The summed E-state index contributed by atoms with van der Waals surface area (Å²) in [7, 11) is 0. The van der Waals surface area contributed by atoms with Crippen LogP contribution < -0.4 is 0 Å². The van der Waals surface area contributed by atoms with E-state index in [0.717, 1.165) is 44.5 Å². The molecule has 0 saturated carbocycles. The number of phenols is 1. The van der Waals surface area contributed by atoms with Gasteiger partial charge < -0.3 is 13.9 Å². The van der Waals surface area contributed by atoms with E-state index in [9.17, 15) is 5.11 Å². The Labute approximate surface area is 240 Å². The third-order valence-electron chi connectivity index (χ3n) is 7.42. The molecule has 0 bridgehead atoms. The Hall–Kier alpha value is -4.64. The normalized spacial score (nSPS) is 12.6. The van der Waals surface area contributed by atoms with Gasteiger partial charge in [0.1, 0.15) is 22.6 Å². The number of aromatic hydroxyl groups is 1. The van der Waals surface area contributed by atoms with Crippen LogP contribution >= 0.6 is 0 Å². The molecular formula is C36H34N2O3. The predicted octanol–water partition coefficient (Wildman–Crippen LogP) is 9.96. The molecule has 0 unspecified atom stereocenters. The van der Waals surface area contributed by atoms with Gasteiger partial charge in [0.15, 0.2) is 5.58 Å². The number of aromatic nitrogens is 1. The zero-order valence-corrected chi connectivity index (χ0v) is 24.3. The van der Waals surface area contributed by atoms with Gasteiger partial charge in [-0.2, -0.15) is 0 Å². The van der Waals surface area contributed by atoms with Crippen LogP contribution in [0.15, 0.2) is 98.8 Å². The fourth-order valence-corrected chi connectivity index (χ4v) is 4.91. The average molecular weight is 543 g/mol. The molecule has 206 valence electrons. The van der Waals surface area contributed by atoms with Crippen molar-refractivity contribution in [3.63, 3.8) is 0 Å². The van der Waals surface area contributed by atoms with Gasteiger partial charge in [-0.15, -0.1) is 0 Å². The lowest BCUT2D eigenvalue weighted by Gasteiger charge is -2.19. The Morgan fingerprint density at radius 3 is 2.20 bits per heavy atom. The molecule has 41 heavy (non-hydrogen) atoms. The number of hydrogen-bond acceptors (Lipinski definition) is 5. The lowest BCUT2D eigenvalue weighted by Crippen LogP contribution is -2.11. The van der Waals surface area contributed by atoms with Crippen LogP contribution in [0.1, 0.15) is 58.2 Å². The first-order chi connectivity index (χ1) is 19.5. The number of fused-ring (bicyclic) bond motifs is 2. The van der Waals surface area contributed by atoms with Crippen molar-refractivity contribution < 1.29 is 13.9 Å². The van der Waals surface area contributed by atoms with Gasteiger partial charge in [0.2, 0.25) is 5.89 Å². The summed E-state index contributed by atoms with van der Waals surface area (Å²) in [5.41, 5.74) is 7.37. The summed E-state index contributed by atoms with van der Waals surface area (Å²) in [5, 5.41) is 11.6. The van der Waals surface area contributed by atoms with Crippen LogP contribution in [0.4, 0.5) is 5.69 Å². The highest BCUT2D eigenvalue weighted by Gasteiger charge is 2.23.